The molecule has 0 aliphatic carbocycles. The van der Waals surface area contributed by atoms with Crippen LogP contribution in [-0.4, -0.2) is 63.0 Å². The number of carbonyl (C=O) groups excluding carboxylic acids is 2. The third kappa shape index (κ3) is 5.06. The minimum absolute atomic E-state index is 0.00728. The number of benzene rings is 2. The second-order valence-electron chi connectivity index (χ2n) is 9.46. The van der Waals surface area contributed by atoms with E-state index in [0.717, 1.165) is 28.6 Å². The Morgan fingerprint density at radius 1 is 1.13 bits per heavy atom. The van der Waals surface area contributed by atoms with Gasteiger partial charge in [-0.3, -0.25) is 19.7 Å². The zero-order valence-electron chi connectivity index (χ0n) is 21.2. The van der Waals surface area contributed by atoms with Crippen LogP contribution in [0, 0.1) is 0 Å². The van der Waals surface area contributed by atoms with Crippen molar-refractivity contribution in [2.45, 2.75) is 32.4 Å². The summed E-state index contributed by atoms with van der Waals surface area (Å²) in [4.78, 5) is 32.3. The summed E-state index contributed by atoms with van der Waals surface area (Å²) in [6.07, 6.45) is 3.47. The van der Waals surface area contributed by atoms with E-state index in [1.54, 1.807) is 36.2 Å². The van der Waals surface area contributed by atoms with Crippen molar-refractivity contribution in [1.82, 2.24) is 25.0 Å². The molecule has 2 unspecified atom stereocenters. The van der Waals surface area contributed by atoms with Crippen molar-refractivity contribution >= 4 is 45.9 Å². The summed E-state index contributed by atoms with van der Waals surface area (Å²) in [5.41, 5.74) is 3.75. The van der Waals surface area contributed by atoms with Crippen LogP contribution in [-0.2, 0) is 4.79 Å². The third-order valence-electron chi connectivity index (χ3n) is 7.04. The molecule has 0 spiro atoms. The minimum Gasteiger partial charge on any atom is -0.486 e. The largest absolute Gasteiger partial charge is 0.486 e. The van der Waals surface area contributed by atoms with E-state index < -0.39 is 6.10 Å². The first-order valence-electron chi connectivity index (χ1n) is 12.3. The Balaban J connectivity index is 1.34. The molecule has 2 atom stereocenters. The molecule has 5 rings (SSSR count). The highest BCUT2D eigenvalue weighted by atomic mass is 35.5. The molecule has 0 saturated carbocycles. The minimum atomic E-state index is -0.392. The Labute approximate surface area is 230 Å². The number of amides is 2. The smallest absolute Gasteiger partial charge is 0.253 e. The van der Waals surface area contributed by atoms with E-state index in [4.69, 9.17) is 27.9 Å². The van der Waals surface area contributed by atoms with Crippen molar-refractivity contribution in [3.63, 3.8) is 0 Å². The number of pyridine rings is 1. The maximum atomic E-state index is 13.1. The lowest BCUT2D eigenvalue weighted by Gasteiger charge is -2.23. The number of ether oxygens (including phenoxy) is 1. The number of carbonyl (C=O) groups is 2. The molecule has 0 radical (unpaired) electrons. The summed E-state index contributed by atoms with van der Waals surface area (Å²) < 4.78 is 6.17. The highest BCUT2D eigenvalue weighted by Gasteiger charge is 2.30. The van der Waals surface area contributed by atoms with E-state index in [1.165, 1.54) is 0 Å². The second kappa shape index (κ2) is 10.6. The highest BCUT2D eigenvalue weighted by Crippen LogP contribution is 2.35. The van der Waals surface area contributed by atoms with Crippen molar-refractivity contribution in [2.75, 3.05) is 20.1 Å². The Bertz CT molecular complexity index is 1480. The van der Waals surface area contributed by atoms with Crippen molar-refractivity contribution in [3.05, 3.63) is 76.0 Å². The molecule has 2 aromatic carbocycles. The topological polar surface area (TPSA) is 91.4 Å². The van der Waals surface area contributed by atoms with E-state index in [9.17, 15) is 9.59 Å². The fourth-order valence-corrected chi connectivity index (χ4v) is 5.48. The van der Waals surface area contributed by atoms with Crippen LogP contribution in [0.25, 0.3) is 22.2 Å². The van der Waals surface area contributed by atoms with E-state index in [-0.39, 0.29) is 17.9 Å². The van der Waals surface area contributed by atoms with Crippen LogP contribution >= 0.6 is 23.2 Å². The number of nitrogens with one attached hydrogen (secondary N) is 1. The van der Waals surface area contributed by atoms with Gasteiger partial charge in [0, 0.05) is 61.5 Å². The molecular weight excluding hydrogens is 525 g/mol. The normalized spacial score (nSPS) is 16.0. The van der Waals surface area contributed by atoms with Gasteiger partial charge in [0.25, 0.3) is 5.91 Å². The molecule has 1 aliphatic rings. The van der Waals surface area contributed by atoms with Gasteiger partial charge in [0.1, 0.15) is 17.5 Å². The lowest BCUT2D eigenvalue weighted by atomic mass is 10.0. The van der Waals surface area contributed by atoms with Gasteiger partial charge < -0.3 is 14.5 Å². The zero-order chi connectivity index (χ0) is 27.0. The molecule has 3 heterocycles. The first kappa shape index (κ1) is 26.0. The number of hydrogen-bond acceptors (Lipinski definition) is 5. The number of aromatic nitrogens is 3. The van der Waals surface area contributed by atoms with E-state index in [1.807, 2.05) is 49.4 Å². The number of rotatable bonds is 6. The van der Waals surface area contributed by atoms with Crippen molar-refractivity contribution in [1.29, 1.82) is 0 Å². The molecule has 1 saturated heterocycles. The Hall–Kier alpha value is -3.62. The lowest BCUT2D eigenvalue weighted by Crippen LogP contribution is -2.38. The summed E-state index contributed by atoms with van der Waals surface area (Å²) in [7, 11) is 1.78. The van der Waals surface area contributed by atoms with E-state index in [0.29, 0.717) is 40.0 Å². The van der Waals surface area contributed by atoms with Gasteiger partial charge in [-0.2, -0.15) is 5.10 Å². The number of nitrogens with zero attached hydrogens (tertiary/aromatic N) is 4. The van der Waals surface area contributed by atoms with Gasteiger partial charge in [0.05, 0.1) is 21.6 Å². The van der Waals surface area contributed by atoms with Gasteiger partial charge in [0.2, 0.25) is 5.91 Å². The third-order valence-corrected chi connectivity index (χ3v) is 7.65. The second-order valence-corrected chi connectivity index (χ2v) is 10.3. The number of fused-ring (bicyclic) bond motifs is 1. The fourth-order valence-electron chi connectivity index (χ4n) is 4.81. The molecule has 10 heteroatoms. The summed E-state index contributed by atoms with van der Waals surface area (Å²) >= 11 is 12.6. The van der Waals surface area contributed by atoms with Crippen molar-refractivity contribution < 1.29 is 14.3 Å². The molecule has 1 fully saturated rings. The quantitative estimate of drug-likeness (QED) is 0.328. The Kier molecular flexibility index (Phi) is 7.27. The summed E-state index contributed by atoms with van der Waals surface area (Å²) in [5.74, 6) is 0.608. The number of H-pyrrole nitrogens is 1. The highest BCUT2D eigenvalue weighted by molar-refractivity contribution is 6.35. The van der Waals surface area contributed by atoms with E-state index >= 15 is 0 Å². The van der Waals surface area contributed by atoms with Gasteiger partial charge in [-0.15, -0.1) is 0 Å². The van der Waals surface area contributed by atoms with Crippen LogP contribution in [0.4, 0.5) is 0 Å². The van der Waals surface area contributed by atoms with Crippen LogP contribution in [0.2, 0.25) is 10.0 Å². The Morgan fingerprint density at radius 2 is 1.84 bits per heavy atom. The van der Waals surface area contributed by atoms with Gasteiger partial charge >= 0.3 is 0 Å². The molecule has 1 aliphatic heterocycles. The van der Waals surface area contributed by atoms with Crippen molar-refractivity contribution in [3.8, 4) is 17.0 Å². The number of likely N-dealkylation sites (N-methyl/N-ethyl adjacent to an activating group) is 1. The maximum Gasteiger partial charge on any atom is 0.253 e. The van der Waals surface area contributed by atoms with Crippen molar-refractivity contribution in [2.24, 2.45) is 0 Å². The number of likely N-dealkylation sites (tertiary alicyclic amines) is 1. The van der Waals surface area contributed by atoms with Gasteiger partial charge in [0.15, 0.2) is 0 Å². The predicted molar refractivity (Wildman–Crippen MR) is 148 cm³/mol. The standard InChI is InChI=1S/C28H27Cl2N5O3/c1-16(26-23(29)13-31-14-24(26)30)38-21-8-9-25-22(12-21)27(33-32-25)18-4-6-19(7-5-18)28(37)35-11-10-20(15-35)34(3)17(2)36/h4-9,12-14,16,20H,10-11,15H2,1-3H3,(H,32,33). The van der Waals surface area contributed by atoms with Crippen LogP contribution in [0.15, 0.2) is 54.9 Å². The maximum absolute atomic E-state index is 13.1. The SMILES string of the molecule is CC(=O)N(C)C1CCN(C(=O)c2ccc(-c3n[nH]c4ccc(OC(C)c5c(Cl)cncc5Cl)cc34)cc2)C1. The predicted octanol–water partition coefficient (Wildman–Crippen LogP) is 5.76. The van der Waals surface area contributed by atoms with Crippen LogP contribution in [0.1, 0.15) is 42.3 Å². The number of halogens is 2. The monoisotopic (exact) mass is 551 g/mol. The molecule has 196 valence electrons. The Morgan fingerprint density at radius 3 is 2.53 bits per heavy atom. The molecule has 0 bridgehead atoms. The molecule has 1 N–H and O–H groups in total. The summed E-state index contributed by atoms with van der Waals surface area (Å²) in [6, 6.07) is 13.2. The average molecular weight is 552 g/mol. The molecule has 2 amide bonds. The average Bonchev–Trinajstić information content (AvgIpc) is 3.55. The first-order chi connectivity index (χ1) is 18.2. The molecular formula is C28H27Cl2N5O3. The van der Waals surface area contributed by atoms with Gasteiger partial charge in [-0.05, 0) is 43.7 Å². The summed E-state index contributed by atoms with van der Waals surface area (Å²) in [6.45, 7) is 4.59. The molecule has 4 aromatic rings. The lowest BCUT2D eigenvalue weighted by molar-refractivity contribution is -0.129. The fraction of sp³-hybridized carbons (Fsp3) is 0.286. The zero-order valence-corrected chi connectivity index (χ0v) is 22.8. The molecule has 8 nitrogen and oxygen atoms in total. The van der Waals surface area contributed by atoms with E-state index in [2.05, 4.69) is 15.2 Å². The van der Waals surface area contributed by atoms with Crippen LogP contribution in [0.3, 0.4) is 0 Å². The molecule has 38 heavy (non-hydrogen) atoms. The van der Waals surface area contributed by atoms with Gasteiger partial charge in [-0.1, -0.05) is 35.3 Å². The van der Waals surface area contributed by atoms with Gasteiger partial charge in [-0.25, -0.2) is 0 Å². The molecule has 2 aromatic heterocycles. The summed E-state index contributed by atoms with van der Waals surface area (Å²) in [5, 5.41) is 9.34. The first-order valence-corrected chi connectivity index (χ1v) is 13.0. The van der Waals surface area contributed by atoms with Crippen LogP contribution < -0.4 is 4.74 Å². The number of hydrogen-bond donors (Lipinski definition) is 1. The number of aromatic amines is 1. The van der Waals surface area contributed by atoms with Crippen LogP contribution in [0.5, 0.6) is 5.75 Å².